The third-order valence-corrected chi connectivity index (χ3v) is 3.92. The van der Waals surface area contributed by atoms with Crippen molar-refractivity contribution in [1.82, 2.24) is 0 Å². The van der Waals surface area contributed by atoms with Gasteiger partial charge in [0.25, 0.3) is 0 Å². The van der Waals surface area contributed by atoms with Crippen LogP contribution < -0.4 is 0 Å². The molecule has 0 radical (unpaired) electrons. The molecule has 1 N–H and O–H groups in total. The van der Waals surface area contributed by atoms with Gasteiger partial charge in [-0.3, -0.25) is 0 Å². The van der Waals surface area contributed by atoms with E-state index in [0.29, 0.717) is 12.8 Å². The van der Waals surface area contributed by atoms with Crippen LogP contribution in [0, 0.1) is 0 Å². The fourth-order valence-corrected chi connectivity index (χ4v) is 2.87. The van der Waals surface area contributed by atoms with Crippen LogP contribution in [0.25, 0.3) is 0 Å². The topological polar surface area (TPSA) is 20.2 Å². The third-order valence-electron chi connectivity index (χ3n) is 2.66. The SMILES string of the molecule is CC(O)(Cc1ccc(Br)cc1)Cc1ccsc1. The van der Waals surface area contributed by atoms with E-state index in [0.717, 1.165) is 10.0 Å². The van der Waals surface area contributed by atoms with Gasteiger partial charge >= 0.3 is 0 Å². The lowest BCUT2D eigenvalue weighted by molar-refractivity contribution is 0.0609. The van der Waals surface area contributed by atoms with Gasteiger partial charge in [-0.15, -0.1) is 0 Å². The van der Waals surface area contributed by atoms with Crippen molar-refractivity contribution in [3.63, 3.8) is 0 Å². The Balaban J connectivity index is 2.03. The zero-order chi connectivity index (χ0) is 12.3. The van der Waals surface area contributed by atoms with Crippen LogP contribution in [-0.4, -0.2) is 10.7 Å². The van der Waals surface area contributed by atoms with E-state index in [9.17, 15) is 5.11 Å². The molecule has 1 atom stereocenters. The van der Waals surface area contributed by atoms with Crippen LogP contribution in [0.2, 0.25) is 0 Å². The van der Waals surface area contributed by atoms with Gasteiger partial charge in [0.1, 0.15) is 0 Å². The summed E-state index contributed by atoms with van der Waals surface area (Å²) in [5.41, 5.74) is 1.68. The van der Waals surface area contributed by atoms with Crippen molar-refractivity contribution in [2.24, 2.45) is 0 Å². The summed E-state index contributed by atoms with van der Waals surface area (Å²) < 4.78 is 1.07. The molecular formula is C14H15BrOS. The minimum absolute atomic E-state index is 0.677. The van der Waals surface area contributed by atoms with E-state index in [-0.39, 0.29) is 0 Å². The van der Waals surface area contributed by atoms with Gasteiger partial charge in [-0.25, -0.2) is 0 Å². The van der Waals surface area contributed by atoms with Gasteiger partial charge < -0.3 is 5.11 Å². The Hall–Kier alpha value is -0.640. The Morgan fingerprint density at radius 1 is 1.12 bits per heavy atom. The molecule has 2 rings (SSSR count). The Bertz CT molecular complexity index is 459. The van der Waals surface area contributed by atoms with Gasteiger partial charge in [0.05, 0.1) is 5.60 Å². The minimum atomic E-state index is -0.686. The van der Waals surface area contributed by atoms with Crippen LogP contribution >= 0.6 is 27.3 Å². The molecule has 2 aromatic rings. The molecule has 17 heavy (non-hydrogen) atoms. The first-order valence-corrected chi connectivity index (χ1v) is 7.27. The zero-order valence-electron chi connectivity index (χ0n) is 9.69. The van der Waals surface area contributed by atoms with Gasteiger partial charge in [-0.1, -0.05) is 28.1 Å². The highest BCUT2D eigenvalue weighted by Crippen LogP contribution is 2.21. The summed E-state index contributed by atoms with van der Waals surface area (Å²) in [6.45, 7) is 1.90. The maximum atomic E-state index is 10.4. The van der Waals surface area contributed by atoms with Crippen LogP contribution in [0.5, 0.6) is 0 Å². The van der Waals surface area contributed by atoms with Crippen molar-refractivity contribution in [3.05, 3.63) is 56.7 Å². The lowest BCUT2D eigenvalue weighted by atomic mass is 9.91. The molecule has 0 saturated heterocycles. The normalized spacial score (nSPS) is 14.5. The molecule has 0 aliphatic carbocycles. The molecule has 0 fully saturated rings. The summed E-state index contributed by atoms with van der Waals surface area (Å²) in [6, 6.07) is 10.2. The molecule has 0 amide bonds. The largest absolute Gasteiger partial charge is 0.389 e. The minimum Gasteiger partial charge on any atom is -0.389 e. The fourth-order valence-electron chi connectivity index (χ4n) is 1.94. The second-order valence-electron chi connectivity index (χ2n) is 4.61. The highest BCUT2D eigenvalue weighted by atomic mass is 79.9. The van der Waals surface area contributed by atoms with Crippen LogP contribution in [0.4, 0.5) is 0 Å². The molecule has 1 unspecified atom stereocenters. The van der Waals surface area contributed by atoms with Crippen molar-refractivity contribution in [2.75, 3.05) is 0 Å². The quantitative estimate of drug-likeness (QED) is 0.903. The highest BCUT2D eigenvalue weighted by molar-refractivity contribution is 9.10. The molecular weight excluding hydrogens is 296 g/mol. The number of halogens is 1. The summed E-state index contributed by atoms with van der Waals surface area (Å²) in [5, 5.41) is 14.5. The van der Waals surface area contributed by atoms with E-state index in [1.807, 2.05) is 36.6 Å². The molecule has 0 aliphatic rings. The number of hydrogen-bond donors (Lipinski definition) is 1. The van der Waals surface area contributed by atoms with Gasteiger partial charge in [0.15, 0.2) is 0 Å². The van der Waals surface area contributed by atoms with E-state index < -0.39 is 5.60 Å². The summed E-state index contributed by atoms with van der Waals surface area (Å²) in [5.74, 6) is 0. The smallest absolute Gasteiger partial charge is 0.0700 e. The van der Waals surface area contributed by atoms with Gasteiger partial charge in [-0.05, 0) is 47.0 Å². The monoisotopic (exact) mass is 310 g/mol. The predicted molar refractivity (Wildman–Crippen MR) is 76.5 cm³/mol. The number of rotatable bonds is 4. The molecule has 90 valence electrons. The predicted octanol–water partition coefficient (Wildman–Crippen LogP) is 4.05. The van der Waals surface area contributed by atoms with Crippen LogP contribution in [0.1, 0.15) is 18.1 Å². The Morgan fingerprint density at radius 3 is 2.35 bits per heavy atom. The average molecular weight is 311 g/mol. The Kier molecular flexibility index (Phi) is 4.02. The molecule has 0 saturated carbocycles. The maximum Gasteiger partial charge on any atom is 0.0700 e. The van der Waals surface area contributed by atoms with Crippen LogP contribution in [0.3, 0.4) is 0 Å². The number of hydrogen-bond acceptors (Lipinski definition) is 2. The first kappa shape index (κ1) is 12.8. The lowest BCUT2D eigenvalue weighted by Crippen LogP contribution is -2.29. The van der Waals surface area contributed by atoms with Crippen molar-refractivity contribution in [1.29, 1.82) is 0 Å². The van der Waals surface area contributed by atoms with E-state index in [1.165, 1.54) is 5.56 Å². The number of aliphatic hydroxyl groups is 1. The second kappa shape index (κ2) is 5.34. The van der Waals surface area contributed by atoms with E-state index in [1.54, 1.807) is 11.3 Å². The molecule has 1 aromatic carbocycles. The summed E-state index contributed by atoms with van der Waals surface area (Å²) in [6.07, 6.45) is 1.38. The van der Waals surface area contributed by atoms with Gasteiger partial charge in [-0.2, -0.15) is 11.3 Å². The van der Waals surface area contributed by atoms with E-state index in [2.05, 4.69) is 27.4 Å². The average Bonchev–Trinajstić information content (AvgIpc) is 2.73. The molecule has 0 bridgehead atoms. The molecule has 0 spiro atoms. The van der Waals surface area contributed by atoms with Crippen LogP contribution in [-0.2, 0) is 12.8 Å². The van der Waals surface area contributed by atoms with Crippen molar-refractivity contribution in [3.8, 4) is 0 Å². The summed E-state index contributed by atoms with van der Waals surface area (Å²) in [4.78, 5) is 0. The standard InChI is InChI=1S/C14H15BrOS/c1-14(16,9-12-6-7-17-10-12)8-11-2-4-13(15)5-3-11/h2-7,10,16H,8-9H2,1H3. The van der Waals surface area contributed by atoms with E-state index in [4.69, 9.17) is 0 Å². The Morgan fingerprint density at radius 2 is 1.76 bits per heavy atom. The van der Waals surface area contributed by atoms with Crippen molar-refractivity contribution in [2.45, 2.75) is 25.4 Å². The lowest BCUT2D eigenvalue weighted by Gasteiger charge is -2.23. The molecule has 0 aliphatic heterocycles. The first-order valence-electron chi connectivity index (χ1n) is 5.53. The Labute approximate surface area is 114 Å². The van der Waals surface area contributed by atoms with Crippen molar-refractivity contribution >= 4 is 27.3 Å². The van der Waals surface area contributed by atoms with Crippen molar-refractivity contribution < 1.29 is 5.11 Å². The molecule has 3 heteroatoms. The van der Waals surface area contributed by atoms with E-state index >= 15 is 0 Å². The van der Waals surface area contributed by atoms with Gasteiger partial charge in [0.2, 0.25) is 0 Å². The first-order chi connectivity index (χ1) is 8.05. The third kappa shape index (κ3) is 3.95. The molecule has 1 aromatic heterocycles. The second-order valence-corrected chi connectivity index (χ2v) is 6.30. The summed E-state index contributed by atoms with van der Waals surface area (Å²) >= 11 is 5.08. The molecule has 1 heterocycles. The fraction of sp³-hybridized carbons (Fsp3) is 0.286. The molecule has 1 nitrogen and oxygen atoms in total. The van der Waals surface area contributed by atoms with Crippen LogP contribution in [0.15, 0.2) is 45.6 Å². The zero-order valence-corrected chi connectivity index (χ0v) is 12.1. The maximum absolute atomic E-state index is 10.4. The van der Waals surface area contributed by atoms with Gasteiger partial charge in [0, 0.05) is 17.3 Å². The number of benzene rings is 1. The number of thiophene rings is 1. The highest BCUT2D eigenvalue weighted by Gasteiger charge is 2.21. The summed E-state index contributed by atoms with van der Waals surface area (Å²) in [7, 11) is 0.